The van der Waals surface area contributed by atoms with Crippen molar-refractivity contribution in [3.05, 3.63) is 54.4 Å². The molecule has 2 atom stereocenters. The van der Waals surface area contributed by atoms with Crippen LogP contribution in [0.3, 0.4) is 0 Å². The summed E-state index contributed by atoms with van der Waals surface area (Å²) in [5.41, 5.74) is 1.78. The highest BCUT2D eigenvalue weighted by Crippen LogP contribution is 2.19. The van der Waals surface area contributed by atoms with Crippen LogP contribution in [0.25, 0.3) is 0 Å². The number of morpholine rings is 2. The molecule has 3 heterocycles. The molecule has 2 bridgehead atoms. The number of rotatable bonds is 8. The Hall–Kier alpha value is -2.33. The van der Waals surface area contributed by atoms with Crippen molar-refractivity contribution in [2.75, 3.05) is 51.1 Å². The number of hydrogen-bond acceptors (Lipinski definition) is 5. The second-order valence-corrected chi connectivity index (χ2v) is 7.79. The lowest BCUT2D eigenvalue weighted by Crippen LogP contribution is -2.59. The Bertz CT molecular complexity index is 753. The molecule has 2 aliphatic rings. The Balaban J connectivity index is 1.15. The van der Waals surface area contributed by atoms with Gasteiger partial charge in [0.15, 0.2) is 0 Å². The highest BCUT2D eigenvalue weighted by atomic mass is 16.5. The number of nitrogens with one attached hydrogen (secondary N) is 1. The first-order valence-electron chi connectivity index (χ1n) is 10.2. The summed E-state index contributed by atoms with van der Waals surface area (Å²) in [5, 5.41) is 12.3. The topological polar surface area (TPSA) is 56.5 Å². The van der Waals surface area contributed by atoms with Crippen molar-refractivity contribution in [3.8, 4) is 6.07 Å². The number of aromatic nitrogens is 1. The van der Waals surface area contributed by atoms with Crippen molar-refractivity contribution in [1.82, 2.24) is 14.4 Å². The van der Waals surface area contributed by atoms with Gasteiger partial charge in [-0.3, -0.25) is 9.80 Å². The van der Waals surface area contributed by atoms with Gasteiger partial charge in [-0.05, 0) is 42.8 Å². The van der Waals surface area contributed by atoms with Gasteiger partial charge in [-0.15, -0.1) is 0 Å². The Kier molecular flexibility index (Phi) is 6.27. The Morgan fingerprint density at radius 1 is 0.929 bits per heavy atom. The van der Waals surface area contributed by atoms with Gasteiger partial charge in [0.05, 0.1) is 23.8 Å². The standard InChI is InChI=1S/C22H29N5O/c23-14-19-4-6-20(7-5-19)24-8-3-11-26-15-21-17-27(18-22(16-26)28-21)13-12-25-9-1-2-10-25/h1-2,4-7,9-10,21-22,24H,3,8,11-13,15-18H2. The first kappa shape index (κ1) is 19.0. The number of hydrogen-bond donors (Lipinski definition) is 1. The third kappa shape index (κ3) is 5.14. The lowest BCUT2D eigenvalue weighted by molar-refractivity contribution is -0.138. The summed E-state index contributed by atoms with van der Waals surface area (Å²) in [5.74, 6) is 0. The molecular formula is C22H29N5O. The number of nitrogens with zero attached hydrogens (tertiary/aromatic N) is 4. The van der Waals surface area contributed by atoms with Crippen LogP contribution < -0.4 is 5.32 Å². The van der Waals surface area contributed by atoms with Crippen molar-refractivity contribution >= 4 is 5.69 Å². The predicted octanol–water partition coefficient (Wildman–Crippen LogP) is 2.25. The molecule has 1 N–H and O–H groups in total. The summed E-state index contributed by atoms with van der Waals surface area (Å²) in [6.45, 7) is 8.34. The molecule has 148 valence electrons. The van der Waals surface area contributed by atoms with Gasteiger partial charge >= 0.3 is 0 Å². The second-order valence-electron chi connectivity index (χ2n) is 7.79. The molecular weight excluding hydrogens is 350 g/mol. The number of nitriles is 1. The average Bonchev–Trinajstić information content (AvgIpc) is 3.23. The molecule has 2 unspecified atom stereocenters. The SMILES string of the molecule is N#Cc1ccc(NCCCN2CC3CN(CCn4cccc4)CC(C2)O3)cc1. The monoisotopic (exact) mass is 379 g/mol. The smallest absolute Gasteiger partial charge is 0.0991 e. The van der Waals surface area contributed by atoms with Crippen LogP contribution in [0, 0.1) is 11.3 Å². The van der Waals surface area contributed by atoms with Crippen molar-refractivity contribution < 1.29 is 4.74 Å². The fraction of sp³-hybridized carbons (Fsp3) is 0.500. The van der Waals surface area contributed by atoms with Crippen LogP contribution in [0.5, 0.6) is 0 Å². The molecule has 2 fully saturated rings. The molecule has 0 radical (unpaired) electrons. The Morgan fingerprint density at radius 3 is 2.21 bits per heavy atom. The number of benzene rings is 1. The first-order chi connectivity index (χ1) is 13.8. The van der Waals surface area contributed by atoms with Gasteiger partial charge in [-0.2, -0.15) is 5.26 Å². The molecule has 0 spiro atoms. The minimum atomic E-state index is 0.337. The largest absolute Gasteiger partial charge is 0.385 e. The minimum absolute atomic E-state index is 0.337. The Labute approximate surface area is 167 Å². The van der Waals surface area contributed by atoms with Crippen molar-refractivity contribution in [1.29, 1.82) is 5.26 Å². The van der Waals surface area contributed by atoms with E-state index in [-0.39, 0.29) is 0 Å². The zero-order valence-corrected chi connectivity index (χ0v) is 16.3. The van der Waals surface area contributed by atoms with Crippen LogP contribution in [-0.4, -0.2) is 72.4 Å². The molecule has 4 rings (SSSR count). The summed E-state index contributed by atoms with van der Waals surface area (Å²) in [6.07, 6.45) is 6.05. The van der Waals surface area contributed by atoms with Gasteiger partial charge in [0, 0.05) is 70.4 Å². The fourth-order valence-electron chi connectivity index (χ4n) is 4.20. The zero-order valence-electron chi connectivity index (χ0n) is 16.3. The maximum Gasteiger partial charge on any atom is 0.0991 e. The van der Waals surface area contributed by atoms with Crippen LogP contribution in [0.2, 0.25) is 0 Å². The average molecular weight is 380 g/mol. The van der Waals surface area contributed by atoms with E-state index < -0.39 is 0 Å². The van der Waals surface area contributed by atoms with Crippen LogP contribution >= 0.6 is 0 Å². The van der Waals surface area contributed by atoms with Gasteiger partial charge in [-0.25, -0.2) is 0 Å². The summed E-state index contributed by atoms with van der Waals surface area (Å²) >= 11 is 0. The normalized spacial score (nSPS) is 22.7. The van der Waals surface area contributed by atoms with Crippen molar-refractivity contribution in [3.63, 3.8) is 0 Å². The van der Waals surface area contributed by atoms with Crippen LogP contribution in [0.1, 0.15) is 12.0 Å². The lowest BCUT2D eigenvalue weighted by atomic mass is 10.1. The van der Waals surface area contributed by atoms with E-state index in [2.05, 4.69) is 50.3 Å². The molecule has 28 heavy (non-hydrogen) atoms. The summed E-state index contributed by atoms with van der Waals surface area (Å²) < 4.78 is 8.43. The molecule has 6 nitrogen and oxygen atoms in total. The molecule has 2 aliphatic heterocycles. The zero-order chi connectivity index (χ0) is 19.2. The molecule has 2 aromatic rings. The molecule has 0 amide bonds. The molecule has 0 aliphatic carbocycles. The van der Waals surface area contributed by atoms with E-state index in [4.69, 9.17) is 10.00 Å². The van der Waals surface area contributed by atoms with Crippen LogP contribution in [0.15, 0.2) is 48.8 Å². The highest BCUT2D eigenvalue weighted by Gasteiger charge is 2.34. The van der Waals surface area contributed by atoms with E-state index >= 15 is 0 Å². The third-order valence-electron chi connectivity index (χ3n) is 5.57. The maximum absolute atomic E-state index is 8.85. The number of fused-ring (bicyclic) bond motifs is 2. The van der Waals surface area contributed by atoms with E-state index in [0.29, 0.717) is 17.8 Å². The fourth-order valence-corrected chi connectivity index (χ4v) is 4.20. The minimum Gasteiger partial charge on any atom is -0.385 e. The van der Waals surface area contributed by atoms with Crippen LogP contribution in [0.4, 0.5) is 5.69 Å². The Morgan fingerprint density at radius 2 is 1.57 bits per heavy atom. The third-order valence-corrected chi connectivity index (χ3v) is 5.57. The molecule has 0 saturated carbocycles. The van der Waals surface area contributed by atoms with E-state index in [0.717, 1.165) is 64.5 Å². The quantitative estimate of drug-likeness (QED) is 0.713. The van der Waals surface area contributed by atoms with E-state index in [9.17, 15) is 0 Å². The van der Waals surface area contributed by atoms with Crippen molar-refractivity contribution in [2.24, 2.45) is 0 Å². The van der Waals surface area contributed by atoms with E-state index in [1.54, 1.807) is 0 Å². The van der Waals surface area contributed by atoms with Crippen molar-refractivity contribution in [2.45, 2.75) is 25.2 Å². The predicted molar refractivity (Wildman–Crippen MR) is 110 cm³/mol. The van der Waals surface area contributed by atoms with Gasteiger partial charge < -0.3 is 14.6 Å². The van der Waals surface area contributed by atoms with Gasteiger partial charge in [0.2, 0.25) is 0 Å². The number of anilines is 1. The van der Waals surface area contributed by atoms with E-state index in [1.165, 1.54) is 0 Å². The lowest BCUT2D eigenvalue weighted by Gasteiger charge is -2.46. The first-order valence-corrected chi connectivity index (χ1v) is 10.2. The molecule has 6 heteroatoms. The summed E-state index contributed by atoms with van der Waals surface area (Å²) in [7, 11) is 0. The van der Waals surface area contributed by atoms with E-state index in [1.807, 2.05) is 24.3 Å². The van der Waals surface area contributed by atoms with Crippen LogP contribution in [-0.2, 0) is 11.3 Å². The highest BCUT2D eigenvalue weighted by molar-refractivity contribution is 5.47. The summed E-state index contributed by atoms with van der Waals surface area (Å²) in [4.78, 5) is 5.12. The van der Waals surface area contributed by atoms with Gasteiger partial charge in [-0.1, -0.05) is 0 Å². The second kappa shape index (κ2) is 9.24. The molecule has 2 saturated heterocycles. The number of ether oxygens (including phenoxy) is 1. The van der Waals surface area contributed by atoms with Gasteiger partial charge in [0.25, 0.3) is 0 Å². The molecule has 1 aromatic carbocycles. The molecule has 1 aromatic heterocycles. The maximum atomic E-state index is 8.85. The van der Waals surface area contributed by atoms with Gasteiger partial charge in [0.1, 0.15) is 0 Å². The summed E-state index contributed by atoms with van der Waals surface area (Å²) in [6, 6.07) is 14.0.